The molecule has 3 aliphatic rings. The van der Waals surface area contributed by atoms with Gasteiger partial charge in [-0.25, -0.2) is 4.79 Å². The van der Waals surface area contributed by atoms with Crippen molar-refractivity contribution in [3.8, 4) is 0 Å². The van der Waals surface area contributed by atoms with Crippen molar-refractivity contribution in [2.24, 2.45) is 11.3 Å². The molecule has 0 bridgehead atoms. The lowest BCUT2D eigenvalue weighted by atomic mass is 9.64. The Hall–Kier alpha value is -1.63. The number of morpholine rings is 1. The van der Waals surface area contributed by atoms with E-state index in [2.05, 4.69) is 26.1 Å². The molecular weight excluding hydrogens is 334 g/mol. The van der Waals surface area contributed by atoms with E-state index in [1.165, 1.54) is 0 Å². The van der Waals surface area contributed by atoms with Crippen molar-refractivity contribution in [2.45, 2.75) is 71.6 Å². The van der Waals surface area contributed by atoms with Crippen molar-refractivity contribution < 1.29 is 19.1 Å². The number of hydrogen-bond donors (Lipinski definition) is 1. The third-order valence-electron chi connectivity index (χ3n) is 5.85. The van der Waals surface area contributed by atoms with E-state index in [9.17, 15) is 14.4 Å². The lowest BCUT2D eigenvalue weighted by Gasteiger charge is -2.44. The van der Waals surface area contributed by atoms with Crippen LogP contribution in [0.4, 0.5) is 4.79 Å². The summed E-state index contributed by atoms with van der Waals surface area (Å²) in [7, 11) is 0. The Kier molecular flexibility index (Phi) is 4.80. The van der Waals surface area contributed by atoms with Crippen LogP contribution in [0, 0.1) is 11.3 Å². The highest BCUT2D eigenvalue weighted by Crippen LogP contribution is 2.46. The molecule has 0 aromatic rings. The van der Waals surface area contributed by atoms with Crippen LogP contribution in [0.2, 0.25) is 0 Å². The maximum Gasteiger partial charge on any atom is 0.325 e. The second-order valence-corrected chi connectivity index (χ2v) is 9.30. The van der Waals surface area contributed by atoms with Gasteiger partial charge in [-0.15, -0.1) is 0 Å². The van der Waals surface area contributed by atoms with E-state index in [1.54, 1.807) is 4.90 Å². The first-order chi connectivity index (χ1) is 12.0. The number of nitrogens with one attached hydrogen (secondary N) is 1. The number of imide groups is 1. The Morgan fingerprint density at radius 2 is 1.92 bits per heavy atom. The van der Waals surface area contributed by atoms with Gasteiger partial charge < -0.3 is 15.0 Å². The predicted molar refractivity (Wildman–Crippen MR) is 96.4 cm³/mol. The quantitative estimate of drug-likeness (QED) is 0.756. The average molecular weight is 365 g/mol. The third kappa shape index (κ3) is 3.46. The normalized spacial score (nSPS) is 37.2. The molecule has 1 N–H and O–H groups in total. The zero-order valence-corrected chi connectivity index (χ0v) is 16.5. The van der Waals surface area contributed by atoms with Gasteiger partial charge in [0.25, 0.3) is 5.91 Å². The van der Waals surface area contributed by atoms with E-state index in [-0.39, 0.29) is 35.9 Å². The molecule has 2 saturated heterocycles. The van der Waals surface area contributed by atoms with Gasteiger partial charge in [-0.05, 0) is 44.4 Å². The first-order valence-corrected chi connectivity index (χ1v) is 9.58. The Labute approximate surface area is 155 Å². The summed E-state index contributed by atoms with van der Waals surface area (Å²) in [4.78, 5) is 41.3. The molecule has 2 heterocycles. The summed E-state index contributed by atoms with van der Waals surface area (Å²) < 4.78 is 5.55. The van der Waals surface area contributed by atoms with Gasteiger partial charge in [-0.2, -0.15) is 0 Å². The molecule has 146 valence electrons. The Morgan fingerprint density at radius 3 is 2.58 bits per heavy atom. The minimum Gasteiger partial charge on any atom is -0.375 e. The van der Waals surface area contributed by atoms with E-state index in [0.717, 1.165) is 11.3 Å². The molecule has 1 spiro atoms. The molecule has 1 saturated carbocycles. The molecular formula is C19H31N3O4. The number of rotatable bonds is 2. The molecule has 2 aliphatic heterocycles. The van der Waals surface area contributed by atoms with Gasteiger partial charge in [-0.1, -0.05) is 20.8 Å². The number of nitrogens with zero attached hydrogens (tertiary/aromatic N) is 2. The Morgan fingerprint density at radius 1 is 1.23 bits per heavy atom. The molecule has 3 fully saturated rings. The number of ether oxygens (including phenoxy) is 1. The standard InChI is InChI=1S/C19H31N3O4/c1-12-6-18(4,5)11-19(7-12)16(24)22(17(25)20-19)9-15(23)21-8-14(3)26-10-13(21)2/h12-14H,6-11H2,1-5H3,(H,20,25). The summed E-state index contributed by atoms with van der Waals surface area (Å²) in [5.74, 6) is -0.0977. The fourth-order valence-corrected chi connectivity index (χ4v) is 5.13. The number of urea groups is 1. The minimum absolute atomic E-state index is 0.0191. The minimum atomic E-state index is -0.859. The molecule has 3 rings (SSSR count). The van der Waals surface area contributed by atoms with Crippen molar-refractivity contribution in [1.82, 2.24) is 15.1 Å². The first-order valence-electron chi connectivity index (χ1n) is 9.58. The summed E-state index contributed by atoms with van der Waals surface area (Å²) >= 11 is 0. The zero-order chi connectivity index (χ0) is 19.3. The summed E-state index contributed by atoms with van der Waals surface area (Å²) in [6.45, 7) is 11.0. The molecule has 4 amide bonds. The number of carbonyl (C=O) groups excluding carboxylic acids is 3. The Bertz CT molecular complexity index is 620. The van der Waals surface area contributed by atoms with Crippen LogP contribution in [-0.4, -0.2) is 65.0 Å². The monoisotopic (exact) mass is 365 g/mol. The van der Waals surface area contributed by atoms with E-state index >= 15 is 0 Å². The van der Waals surface area contributed by atoms with Crippen molar-refractivity contribution in [3.63, 3.8) is 0 Å². The van der Waals surface area contributed by atoms with Crippen LogP contribution in [0.5, 0.6) is 0 Å². The van der Waals surface area contributed by atoms with E-state index in [4.69, 9.17) is 4.74 Å². The average Bonchev–Trinajstić information content (AvgIpc) is 2.71. The highest BCUT2D eigenvalue weighted by atomic mass is 16.5. The van der Waals surface area contributed by atoms with Crippen LogP contribution < -0.4 is 5.32 Å². The van der Waals surface area contributed by atoms with Gasteiger partial charge in [0.2, 0.25) is 5.91 Å². The summed E-state index contributed by atoms with van der Waals surface area (Å²) in [5.41, 5.74) is -0.878. The van der Waals surface area contributed by atoms with Crippen LogP contribution in [0.15, 0.2) is 0 Å². The molecule has 7 nitrogen and oxygen atoms in total. The maximum atomic E-state index is 13.1. The van der Waals surface area contributed by atoms with Crippen molar-refractivity contribution >= 4 is 17.8 Å². The lowest BCUT2D eigenvalue weighted by Crippen LogP contribution is -2.55. The maximum absolute atomic E-state index is 13.1. The largest absolute Gasteiger partial charge is 0.375 e. The smallest absolute Gasteiger partial charge is 0.325 e. The van der Waals surface area contributed by atoms with Gasteiger partial charge in [0.1, 0.15) is 12.1 Å². The summed E-state index contributed by atoms with van der Waals surface area (Å²) in [6, 6.07) is -0.496. The zero-order valence-electron chi connectivity index (χ0n) is 16.5. The highest BCUT2D eigenvalue weighted by molar-refractivity contribution is 6.09. The van der Waals surface area contributed by atoms with E-state index in [0.29, 0.717) is 31.9 Å². The third-order valence-corrected chi connectivity index (χ3v) is 5.85. The molecule has 4 unspecified atom stereocenters. The fraction of sp³-hybridized carbons (Fsp3) is 0.842. The second kappa shape index (κ2) is 6.51. The topological polar surface area (TPSA) is 79.0 Å². The van der Waals surface area contributed by atoms with Crippen molar-refractivity contribution in [2.75, 3.05) is 19.7 Å². The second-order valence-electron chi connectivity index (χ2n) is 9.30. The van der Waals surface area contributed by atoms with Crippen molar-refractivity contribution in [1.29, 1.82) is 0 Å². The van der Waals surface area contributed by atoms with Crippen LogP contribution in [0.25, 0.3) is 0 Å². The molecule has 0 aromatic heterocycles. The summed E-state index contributed by atoms with van der Waals surface area (Å²) in [6.07, 6.45) is 2.24. The predicted octanol–water partition coefficient (Wildman–Crippen LogP) is 1.76. The molecule has 0 aromatic carbocycles. The Balaban J connectivity index is 1.74. The van der Waals surface area contributed by atoms with Gasteiger partial charge in [-0.3, -0.25) is 14.5 Å². The highest BCUT2D eigenvalue weighted by Gasteiger charge is 2.56. The lowest BCUT2D eigenvalue weighted by molar-refractivity contribution is -0.147. The van der Waals surface area contributed by atoms with Crippen LogP contribution in [0.3, 0.4) is 0 Å². The molecule has 0 radical (unpaired) electrons. The van der Waals surface area contributed by atoms with Gasteiger partial charge >= 0.3 is 6.03 Å². The molecule has 4 atom stereocenters. The van der Waals surface area contributed by atoms with Crippen LogP contribution >= 0.6 is 0 Å². The SMILES string of the molecule is CC1CC(C)(C)CC2(C1)NC(=O)N(CC(=O)N1CC(C)OCC1C)C2=O. The van der Waals surface area contributed by atoms with Gasteiger partial charge in [0, 0.05) is 6.54 Å². The van der Waals surface area contributed by atoms with E-state index in [1.807, 2.05) is 13.8 Å². The fourth-order valence-electron chi connectivity index (χ4n) is 5.13. The van der Waals surface area contributed by atoms with Crippen LogP contribution in [-0.2, 0) is 14.3 Å². The number of carbonyl (C=O) groups is 3. The molecule has 7 heteroatoms. The summed E-state index contributed by atoms with van der Waals surface area (Å²) in [5, 5.41) is 2.93. The van der Waals surface area contributed by atoms with Gasteiger partial charge in [0.05, 0.1) is 18.8 Å². The van der Waals surface area contributed by atoms with Crippen LogP contribution in [0.1, 0.15) is 53.9 Å². The van der Waals surface area contributed by atoms with Gasteiger partial charge in [0.15, 0.2) is 0 Å². The molecule has 26 heavy (non-hydrogen) atoms. The molecule has 1 aliphatic carbocycles. The number of amides is 4. The van der Waals surface area contributed by atoms with Crippen molar-refractivity contribution in [3.05, 3.63) is 0 Å². The number of hydrogen-bond acceptors (Lipinski definition) is 4. The first kappa shape index (κ1) is 19.1. The van der Waals surface area contributed by atoms with E-state index < -0.39 is 11.6 Å².